The second kappa shape index (κ2) is 7.78. The summed E-state index contributed by atoms with van der Waals surface area (Å²) >= 11 is 0. The van der Waals surface area contributed by atoms with E-state index < -0.39 is 4.92 Å². The van der Waals surface area contributed by atoms with Crippen molar-refractivity contribution < 1.29 is 18.5 Å². The quantitative estimate of drug-likeness (QED) is 0.447. The summed E-state index contributed by atoms with van der Waals surface area (Å²) in [7, 11) is 0. The Bertz CT molecular complexity index is 1060. The normalized spacial score (nSPS) is 13.3. The van der Waals surface area contributed by atoms with Crippen LogP contribution in [0.2, 0.25) is 0 Å². The molecular weight excluding hydrogens is 379 g/mol. The Hall–Kier alpha value is -3.62. The standard InChI is InChI=1S/C20H17FN4O4/c21-15-5-1-3-13(9-15)10-19(26)24(16-7-8-16)12-18-22-23-20(29-18)14-4-2-6-17(11-14)25(27)28/h1-6,9,11,16H,7-8,10,12H2. The third-order valence-electron chi connectivity index (χ3n) is 4.63. The zero-order valence-corrected chi connectivity index (χ0v) is 15.3. The van der Waals surface area contributed by atoms with E-state index >= 15 is 0 Å². The van der Waals surface area contributed by atoms with Gasteiger partial charge in [-0.3, -0.25) is 14.9 Å². The molecule has 3 aromatic rings. The molecule has 148 valence electrons. The molecule has 0 aliphatic heterocycles. The number of nitro groups is 1. The molecule has 0 spiro atoms. The lowest BCUT2D eigenvalue weighted by Gasteiger charge is -2.20. The summed E-state index contributed by atoms with van der Waals surface area (Å²) < 4.78 is 19.0. The minimum atomic E-state index is -0.499. The molecule has 0 atom stereocenters. The SMILES string of the molecule is O=C(Cc1cccc(F)c1)N(Cc1nnc(-c2cccc([N+](=O)[O-])c2)o1)C1CC1. The van der Waals surface area contributed by atoms with E-state index in [2.05, 4.69) is 10.2 Å². The Kier molecular flexibility index (Phi) is 5.03. The molecule has 1 aliphatic rings. The van der Waals surface area contributed by atoms with Gasteiger partial charge in [-0.25, -0.2) is 4.39 Å². The van der Waals surface area contributed by atoms with E-state index in [1.165, 1.54) is 30.3 Å². The lowest BCUT2D eigenvalue weighted by molar-refractivity contribution is -0.384. The van der Waals surface area contributed by atoms with Crippen LogP contribution in [0.15, 0.2) is 52.9 Å². The maximum absolute atomic E-state index is 13.4. The van der Waals surface area contributed by atoms with Crippen LogP contribution in [-0.2, 0) is 17.8 Å². The molecule has 0 unspecified atom stereocenters. The average Bonchev–Trinajstić information content (AvgIpc) is 3.43. The van der Waals surface area contributed by atoms with Gasteiger partial charge in [-0.1, -0.05) is 18.2 Å². The van der Waals surface area contributed by atoms with Crippen LogP contribution in [0.4, 0.5) is 10.1 Å². The van der Waals surface area contributed by atoms with Gasteiger partial charge in [0.2, 0.25) is 17.7 Å². The lowest BCUT2D eigenvalue weighted by atomic mass is 10.1. The van der Waals surface area contributed by atoms with E-state index in [9.17, 15) is 19.3 Å². The molecule has 1 aliphatic carbocycles. The molecule has 1 fully saturated rings. The lowest BCUT2D eigenvalue weighted by Crippen LogP contribution is -2.34. The smallest absolute Gasteiger partial charge is 0.270 e. The second-order valence-corrected chi connectivity index (χ2v) is 6.87. The summed E-state index contributed by atoms with van der Waals surface area (Å²) in [6.45, 7) is 0.140. The van der Waals surface area contributed by atoms with Gasteiger partial charge in [0.15, 0.2) is 0 Å². The average molecular weight is 396 g/mol. The van der Waals surface area contributed by atoms with Crippen molar-refractivity contribution in [1.82, 2.24) is 15.1 Å². The minimum Gasteiger partial charge on any atom is -0.419 e. The summed E-state index contributed by atoms with van der Waals surface area (Å²) in [6, 6.07) is 12.0. The van der Waals surface area contributed by atoms with E-state index in [1.807, 2.05) is 0 Å². The van der Waals surface area contributed by atoms with E-state index in [4.69, 9.17) is 4.42 Å². The number of halogens is 1. The van der Waals surface area contributed by atoms with Crippen LogP contribution in [0.3, 0.4) is 0 Å². The number of amides is 1. The van der Waals surface area contributed by atoms with Crippen molar-refractivity contribution in [2.45, 2.75) is 31.8 Å². The molecule has 0 radical (unpaired) electrons. The van der Waals surface area contributed by atoms with Gasteiger partial charge >= 0.3 is 0 Å². The second-order valence-electron chi connectivity index (χ2n) is 6.87. The van der Waals surface area contributed by atoms with E-state index in [0.29, 0.717) is 11.1 Å². The molecule has 9 heteroatoms. The Morgan fingerprint density at radius 2 is 2.00 bits per heavy atom. The van der Waals surface area contributed by atoms with Crippen molar-refractivity contribution in [1.29, 1.82) is 0 Å². The zero-order valence-electron chi connectivity index (χ0n) is 15.3. The molecule has 1 saturated carbocycles. The number of rotatable bonds is 7. The molecule has 8 nitrogen and oxygen atoms in total. The third-order valence-corrected chi connectivity index (χ3v) is 4.63. The Balaban J connectivity index is 1.49. The minimum absolute atomic E-state index is 0.0767. The fraction of sp³-hybridized carbons (Fsp3) is 0.250. The van der Waals surface area contributed by atoms with Gasteiger partial charge in [-0.05, 0) is 36.6 Å². The summed E-state index contributed by atoms with van der Waals surface area (Å²) in [5.74, 6) is -0.136. The van der Waals surface area contributed by atoms with E-state index in [1.54, 1.807) is 23.1 Å². The first-order valence-corrected chi connectivity index (χ1v) is 9.11. The van der Waals surface area contributed by atoms with Crippen LogP contribution >= 0.6 is 0 Å². The summed E-state index contributed by atoms with van der Waals surface area (Å²) in [4.78, 5) is 24.8. The Morgan fingerprint density at radius 3 is 2.72 bits per heavy atom. The monoisotopic (exact) mass is 396 g/mol. The van der Waals surface area contributed by atoms with Gasteiger partial charge in [0.1, 0.15) is 5.82 Å². The first-order chi connectivity index (χ1) is 14.0. The first kappa shape index (κ1) is 18.7. The number of hydrogen-bond donors (Lipinski definition) is 0. The van der Waals surface area contributed by atoms with Crippen LogP contribution in [0.1, 0.15) is 24.3 Å². The molecule has 2 aromatic carbocycles. The van der Waals surface area contributed by atoms with Crippen molar-refractivity contribution >= 4 is 11.6 Å². The topological polar surface area (TPSA) is 102 Å². The summed E-state index contributed by atoms with van der Waals surface area (Å²) in [5, 5.41) is 18.9. The van der Waals surface area contributed by atoms with Crippen LogP contribution in [0.25, 0.3) is 11.5 Å². The highest BCUT2D eigenvalue weighted by molar-refractivity contribution is 5.79. The number of aromatic nitrogens is 2. The third kappa shape index (κ3) is 4.45. The van der Waals surface area contributed by atoms with Crippen LogP contribution in [0, 0.1) is 15.9 Å². The molecule has 0 bridgehead atoms. The number of carbonyl (C=O) groups excluding carboxylic acids is 1. The van der Waals surface area contributed by atoms with Crippen LogP contribution < -0.4 is 0 Å². The maximum atomic E-state index is 13.4. The number of nitro benzene ring substituents is 1. The number of hydrogen-bond acceptors (Lipinski definition) is 6. The molecule has 1 heterocycles. The Labute approximate surface area is 165 Å². The van der Waals surface area contributed by atoms with Gasteiger partial charge < -0.3 is 9.32 Å². The largest absolute Gasteiger partial charge is 0.419 e. The van der Waals surface area contributed by atoms with Crippen molar-refractivity contribution in [3.05, 3.63) is 75.9 Å². The maximum Gasteiger partial charge on any atom is 0.270 e. The number of benzene rings is 2. The molecule has 1 amide bonds. The highest BCUT2D eigenvalue weighted by atomic mass is 19.1. The van der Waals surface area contributed by atoms with Crippen molar-refractivity contribution in [2.24, 2.45) is 0 Å². The van der Waals surface area contributed by atoms with Gasteiger partial charge in [-0.15, -0.1) is 10.2 Å². The molecular formula is C20H17FN4O4. The van der Waals surface area contributed by atoms with E-state index in [-0.39, 0.29) is 48.2 Å². The van der Waals surface area contributed by atoms with Crippen molar-refractivity contribution in [3.63, 3.8) is 0 Å². The van der Waals surface area contributed by atoms with Gasteiger partial charge in [-0.2, -0.15) is 0 Å². The van der Waals surface area contributed by atoms with Gasteiger partial charge in [0.25, 0.3) is 5.69 Å². The highest BCUT2D eigenvalue weighted by Gasteiger charge is 2.33. The fourth-order valence-electron chi connectivity index (χ4n) is 3.06. The van der Waals surface area contributed by atoms with E-state index in [0.717, 1.165) is 12.8 Å². The first-order valence-electron chi connectivity index (χ1n) is 9.11. The Morgan fingerprint density at radius 1 is 1.21 bits per heavy atom. The van der Waals surface area contributed by atoms with Gasteiger partial charge in [0, 0.05) is 23.7 Å². The predicted molar refractivity (Wildman–Crippen MR) is 100 cm³/mol. The molecule has 0 N–H and O–H groups in total. The highest BCUT2D eigenvalue weighted by Crippen LogP contribution is 2.30. The van der Waals surface area contributed by atoms with Gasteiger partial charge in [0.05, 0.1) is 17.9 Å². The number of carbonyl (C=O) groups is 1. The molecule has 29 heavy (non-hydrogen) atoms. The predicted octanol–water partition coefficient (Wildman–Crippen LogP) is 3.52. The van der Waals surface area contributed by atoms with Crippen molar-refractivity contribution in [3.8, 4) is 11.5 Å². The van der Waals surface area contributed by atoms with Crippen LogP contribution in [-0.4, -0.2) is 32.0 Å². The van der Waals surface area contributed by atoms with Crippen molar-refractivity contribution in [2.75, 3.05) is 0 Å². The summed E-state index contributed by atoms with van der Waals surface area (Å²) in [5.41, 5.74) is 0.956. The zero-order chi connectivity index (χ0) is 20.4. The molecule has 0 saturated heterocycles. The number of non-ortho nitro benzene ring substituents is 1. The molecule has 1 aromatic heterocycles. The fourth-order valence-corrected chi connectivity index (χ4v) is 3.06. The summed E-state index contributed by atoms with van der Waals surface area (Å²) in [6.07, 6.45) is 1.86. The number of nitrogens with zero attached hydrogens (tertiary/aromatic N) is 4. The molecule has 4 rings (SSSR count). The van der Waals surface area contributed by atoms with Crippen LogP contribution in [0.5, 0.6) is 0 Å².